The monoisotopic (exact) mass is 436 g/mol. The molecule has 2 N–H and O–H groups in total. The summed E-state index contributed by atoms with van der Waals surface area (Å²) < 4.78 is 14.0. The van der Waals surface area contributed by atoms with Crippen LogP contribution in [0.2, 0.25) is 0 Å². The van der Waals surface area contributed by atoms with Crippen LogP contribution < -0.4 is 10.6 Å². The summed E-state index contributed by atoms with van der Waals surface area (Å²) in [6.45, 7) is 3.47. The summed E-state index contributed by atoms with van der Waals surface area (Å²) >= 11 is 0. The van der Waals surface area contributed by atoms with Gasteiger partial charge in [-0.15, -0.1) is 0 Å². The molecule has 0 aromatic carbocycles. The van der Waals surface area contributed by atoms with Crippen molar-refractivity contribution in [2.45, 2.75) is 76.7 Å². The standard InChI is InChI=1S/C14H20N4O6.6CH4/c1-12(24-14(21)17-9-16-10-19)6-4-2-3-5-7-23-13(20)18-11-22-8-15;;;;;;/h1-7,9,11H2,(H,17,21)(H,18,20);6*1H4. The molecule has 10 nitrogen and oxygen atoms in total. The lowest BCUT2D eigenvalue weighted by molar-refractivity contribution is 0.130. The maximum Gasteiger partial charge on any atom is 0.413 e. The number of amides is 2. The van der Waals surface area contributed by atoms with Crippen LogP contribution in [-0.4, -0.2) is 38.3 Å². The number of carbonyl (C=O) groups excluding carboxylic acids is 3. The van der Waals surface area contributed by atoms with Gasteiger partial charge in [0.25, 0.3) is 6.26 Å². The van der Waals surface area contributed by atoms with E-state index in [2.05, 4.69) is 26.9 Å². The Labute approximate surface area is 183 Å². The summed E-state index contributed by atoms with van der Waals surface area (Å²) in [6, 6.07) is 0. The van der Waals surface area contributed by atoms with Crippen LogP contribution in [0.25, 0.3) is 0 Å². The minimum absolute atomic E-state index is 0. The molecule has 0 atom stereocenters. The fourth-order valence-electron chi connectivity index (χ4n) is 1.48. The van der Waals surface area contributed by atoms with Gasteiger partial charge in [-0.3, -0.25) is 5.32 Å². The fourth-order valence-corrected chi connectivity index (χ4v) is 1.48. The van der Waals surface area contributed by atoms with E-state index in [1.165, 1.54) is 12.3 Å². The molecule has 0 aliphatic rings. The molecule has 2 amide bonds. The van der Waals surface area contributed by atoms with Crippen molar-refractivity contribution in [3.63, 3.8) is 0 Å². The van der Waals surface area contributed by atoms with Gasteiger partial charge in [0.05, 0.1) is 6.61 Å². The van der Waals surface area contributed by atoms with Gasteiger partial charge < -0.3 is 19.5 Å². The number of isocyanates is 1. The number of allylic oxidation sites excluding steroid dienone is 1. The first-order valence-electron chi connectivity index (χ1n) is 7.18. The van der Waals surface area contributed by atoms with Crippen molar-refractivity contribution in [3.8, 4) is 6.26 Å². The smallest absolute Gasteiger partial charge is 0.413 e. The van der Waals surface area contributed by atoms with E-state index < -0.39 is 12.2 Å². The van der Waals surface area contributed by atoms with E-state index in [9.17, 15) is 14.4 Å². The summed E-state index contributed by atoms with van der Waals surface area (Å²) in [7, 11) is 0. The zero-order valence-electron chi connectivity index (χ0n) is 13.2. The maximum atomic E-state index is 11.2. The van der Waals surface area contributed by atoms with Crippen LogP contribution in [0.5, 0.6) is 0 Å². The Kier molecular flexibility index (Phi) is 51.0. The molecule has 0 unspecified atom stereocenters. The Hall–Kier alpha value is -3.05. The van der Waals surface area contributed by atoms with Crippen LogP contribution in [0.1, 0.15) is 76.7 Å². The van der Waals surface area contributed by atoms with Crippen LogP contribution in [-0.2, 0) is 19.0 Å². The lowest BCUT2D eigenvalue weighted by Crippen LogP contribution is -2.26. The number of aliphatic imine (C=N–C) groups is 1. The van der Waals surface area contributed by atoms with Crippen molar-refractivity contribution in [1.29, 1.82) is 5.26 Å². The molecule has 0 saturated heterocycles. The van der Waals surface area contributed by atoms with Gasteiger partial charge in [-0.25, -0.2) is 14.4 Å². The highest BCUT2D eigenvalue weighted by atomic mass is 16.6. The molecular formula is C20H44N4O6. The lowest BCUT2D eigenvalue weighted by atomic mass is 10.1. The molecule has 0 aromatic heterocycles. The maximum absolute atomic E-state index is 11.2. The minimum Gasteiger partial charge on any atom is -0.449 e. The van der Waals surface area contributed by atoms with E-state index in [1.54, 1.807) is 0 Å². The van der Waals surface area contributed by atoms with Crippen LogP contribution >= 0.6 is 0 Å². The summed E-state index contributed by atoms with van der Waals surface area (Å²) in [6.07, 6.45) is 4.97. The summed E-state index contributed by atoms with van der Waals surface area (Å²) in [5.41, 5.74) is 0. The molecule has 10 heteroatoms. The minimum atomic E-state index is -0.723. The van der Waals surface area contributed by atoms with Crippen LogP contribution in [0.3, 0.4) is 0 Å². The fraction of sp³-hybridized carbons (Fsp3) is 0.700. The molecule has 0 aromatic rings. The molecule has 0 saturated carbocycles. The number of unbranched alkanes of at least 4 members (excludes halogenated alkanes) is 3. The van der Waals surface area contributed by atoms with E-state index >= 15 is 0 Å². The first-order chi connectivity index (χ1) is 11.6. The molecule has 0 spiro atoms. The average Bonchev–Trinajstić information content (AvgIpc) is 2.54. The number of rotatable bonds is 12. The van der Waals surface area contributed by atoms with Crippen LogP contribution in [0.4, 0.5) is 9.59 Å². The number of nitriles is 1. The predicted molar refractivity (Wildman–Crippen MR) is 121 cm³/mol. The molecule has 0 rings (SSSR count). The number of nitrogens with zero attached hydrogens (tertiary/aromatic N) is 2. The number of hydrogen-bond donors (Lipinski definition) is 2. The molecule has 0 aliphatic heterocycles. The first kappa shape index (κ1) is 45.6. The van der Waals surface area contributed by atoms with E-state index in [1.807, 2.05) is 0 Å². The second kappa shape index (κ2) is 33.5. The lowest BCUT2D eigenvalue weighted by Gasteiger charge is -2.07. The van der Waals surface area contributed by atoms with Gasteiger partial charge in [-0.05, 0) is 12.8 Å². The van der Waals surface area contributed by atoms with Gasteiger partial charge in [0.2, 0.25) is 6.08 Å². The quantitative estimate of drug-likeness (QED) is 0.103. The van der Waals surface area contributed by atoms with Crippen LogP contribution in [0.15, 0.2) is 17.3 Å². The Morgan fingerprint density at radius 3 is 2.10 bits per heavy atom. The van der Waals surface area contributed by atoms with Gasteiger partial charge in [-0.2, -0.15) is 10.3 Å². The Bertz CT molecular complexity index is 500. The largest absolute Gasteiger partial charge is 0.449 e. The number of carbonyl (C=O) groups is 2. The normalized spacial score (nSPS) is 7.17. The third-order valence-electron chi connectivity index (χ3n) is 2.54. The first-order valence-corrected chi connectivity index (χ1v) is 7.18. The van der Waals surface area contributed by atoms with Gasteiger partial charge in [0.1, 0.15) is 12.4 Å². The van der Waals surface area contributed by atoms with Gasteiger partial charge in [0.15, 0.2) is 6.73 Å². The molecule has 0 fully saturated rings. The highest BCUT2D eigenvalue weighted by Gasteiger charge is 2.04. The SMILES string of the molecule is C.C.C.C.C.C.C=C(CCCCCCOC(=O)NCOC#N)OC(=O)NCN=C=O. The van der Waals surface area contributed by atoms with E-state index in [-0.39, 0.29) is 64.6 Å². The number of hydrogen-bond acceptors (Lipinski definition) is 8. The summed E-state index contributed by atoms with van der Waals surface area (Å²) in [5, 5.41) is 12.6. The second-order valence-electron chi connectivity index (χ2n) is 4.37. The number of nitrogens with one attached hydrogen (secondary N) is 2. The third-order valence-corrected chi connectivity index (χ3v) is 2.54. The van der Waals surface area contributed by atoms with Crippen LogP contribution in [0, 0.1) is 11.5 Å². The van der Waals surface area contributed by atoms with Crippen molar-refractivity contribution in [3.05, 3.63) is 12.3 Å². The number of alkyl carbamates (subject to hydrolysis) is 2. The highest BCUT2D eigenvalue weighted by Crippen LogP contribution is 2.10. The summed E-state index contributed by atoms with van der Waals surface area (Å²) in [5.74, 6) is 0.315. The predicted octanol–water partition coefficient (Wildman–Crippen LogP) is 5.47. The average molecular weight is 437 g/mol. The van der Waals surface area contributed by atoms with E-state index in [0.29, 0.717) is 18.6 Å². The topological polar surface area (TPSA) is 139 Å². The Morgan fingerprint density at radius 2 is 1.53 bits per heavy atom. The Morgan fingerprint density at radius 1 is 0.933 bits per heavy atom. The molecule has 0 radical (unpaired) electrons. The van der Waals surface area contributed by atoms with Gasteiger partial charge >= 0.3 is 12.2 Å². The molecule has 0 bridgehead atoms. The Balaban J connectivity index is -0.000000176. The molecule has 0 heterocycles. The third kappa shape index (κ3) is 32.6. The van der Waals surface area contributed by atoms with Gasteiger partial charge in [0, 0.05) is 6.42 Å². The van der Waals surface area contributed by atoms with E-state index in [4.69, 9.17) is 14.7 Å². The molecular weight excluding hydrogens is 392 g/mol. The number of ether oxygens (including phenoxy) is 3. The van der Waals surface area contributed by atoms with Crippen molar-refractivity contribution in [1.82, 2.24) is 10.6 Å². The highest BCUT2D eigenvalue weighted by molar-refractivity contribution is 5.68. The molecule has 0 aliphatic carbocycles. The zero-order valence-corrected chi connectivity index (χ0v) is 13.2. The van der Waals surface area contributed by atoms with Crippen molar-refractivity contribution in [2.24, 2.45) is 4.99 Å². The second-order valence-corrected chi connectivity index (χ2v) is 4.37. The molecule has 30 heavy (non-hydrogen) atoms. The zero-order chi connectivity index (χ0) is 18.0. The van der Waals surface area contributed by atoms with E-state index in [0.717, 1.165) is 19.3 Å². The van der Waals surface area contributed by atoms with Crippen molar-refractivity contribution < 1.29 is 28.6 Å². The summed E-state index contributed by atoms with van der Waals surface area (Å²) in [4.78, 5) is 35.2. The van der Waals surface area contributed by atoms with Gasteiger partial charge in [-0.1, -0.05) is 64.0 Å². The van der Waals surface area contributed by atoms with Crippen molar-refractivity contribution >= 4 is 18.3 Å². The van der Waals surface area contributed by atoms with Crippen molar-refractivity contribution in [2.75, 3.05) is 20.0 Å². The molecule has 180 valence electrons.